The Hall–Kier alpha value is -1.58. The van der Waals surface area contributed by atoms with Crippen LogP contribution >= 0.6 is 0 Å². The van der Waals surface area contributed by atoms with Gasteiger partial charge in [0.1, 0.15) is 5.75 Å². The molecule has 1 atom stereocenters. The Balaban J connectivity index is 2.37. The minimum atomic E-state index is -0.377. The fourth-order valence-electron chi connectivity index (χ4n) is 2.33. The molecule has 0 amide bonds. The van der Waals surface area contributed by atoms with Crippen molar-refractivity contribution in [2.24, 2.45) is 0 Å². The Morgan fingerprint density at radius 1 is 1.16 bits per heavy atom. The summed E-state index contributed by atoms with van der Waals surface area (Å²) < 4.78 is 0. The number of rotatable bonds is 4. The SMILES string of the molecule is CC(NC(C)(C)CO)c1ccc2ccccc2c1O. The van der Waals surface area contributed by atoms with Crippen LogP contribution in [0, 0.1) is 0 Å². The molecule has 0 aliphatic rings. The Bertz CT molecular complexity index is 578. The fourth-order valence-corrected chi connectivity index (χ4v) is 2.33. The molecule has 2 aromatic carbocycles. The number of aromatic hydroxyl groups is 1. The zero-order valence-electron chi connectivity index (χ0n) is 11.6. The van der Waals surface area contributed by atoms with Crippen molar-refractivity contribution in [2.75, 3.05) is 6.61 Å². The third-order valence-electron chi connectivity index (χ3n) is 3.40. The van der Waals surface area contributed by atoms with E-state index in [0.29, 0.717) is 5.75 Å². The van der Waals surface area contributed by atoms with Gasteiger partial charge in [-0.1, -0.05) is 36.4 Å². The molecule has 0 aromatic heterocycles. The highest BCUT2D eigenvalue weighted by molar-refractivity contribution is 5.89. The number of aliphatic hydroxyl groups is 1. The van der Waals surface area contributed by atoms with Gasteiger partial charge < -0.3 is 15.5 Å². The predicted molar refractivity (Wildman–Crippen MR) is 78.3 cm³/mol. The third kappa shape index (κ3) is 2.88. The average molecular weight is 259 g/mol. The molecule has 0 aliphatic carbocycles. The number of phenols is 1. The molecule has 3 N–H and O–H groups in total. The van der Waals surface area contributed by atoms with Crippen LogP contribution in [0.1, 0.15) is 32.4 Å². The highest BCUT2D eigenvalue weighted by Gasteiger charge is 2.21. The summed E-state index contributed by atoms with van der Waals surface area (Å²) in [5, 5.41) is 24.9. The topological polar surface area (TPSA) is 52.5 Å². The molecule has 0 saturated carbocycles. The molecule has 2 aromatic rings. The molecule has 19 heavy (non-hydrogen) atoms. The van der Waals surface area contributed by atoms with E-state index >= 15 is 0 Å². The average Bonchev–Trinajstić information content (AvgIpc) is 2.39. The number of fused-ring (bicyclic) bond motifs is 1. The van der Waals surface area contributed by atoms with E-state index in [1.807, 2.05) is 57.2 Å². The zero-order valence-corrected chi connectivity index (χ0v) is 11.6. The van der Waals surface area contributed by atoms with Gasteiger partial charge in [-0.15, -0.1) is 0 Å². The van der Waals surface area contributed by atoms with Gasteiger partial charge in [-0.05, 0) is 26.2 Å². The summed E-state index contributed by atoms with van der Waals surface area (Å²) in [5.41, 5.74) is 0.470. The minimum Gasteiger partial charge on any atom is -0.507 e. The van der Waals surface area contributed by atoms with Crippen molar-refractivity contribution in [2.45, 2.75) is 32.4 Å². The number of nitrogens with one attached hydrogen (secondary N) is 1. The van der Waals surface area contributed by atoms with Crippen LogP contribution in [0.2, 0.25) is 0 Å². The smallest absolute Gasteiger partial charge is 0.128 e. The second-order valence-electron chi connectivity index (χ2n) is 5.63. The highest BCUT2D eigenvalue weighted by atomic mass is 16.3. The quantitative estimate of drug-likeness (QED) is 0.791. The van der Waals surface area contributed by atoms with Crippen LogP contribution in [0.15, 0.2) is 36.4 Å². The second-order valence-corrected chi connectivity index (χ2v) is 5.63. The van der Waals surface area contributed by atoms with E-state index in [9.17, 15) is 10.2 Å². The molecule has 2 rings (SSSR count). The summed E-state index contributed by atoms with van der Waals surface area (Å²) in [5.74, 6) is 0.312. The van der Waals surface area contributed by atoms with Crippen LogP contribution in [0.4, 0.5) is 0 Å². The molecule has 0 radical (unpaired) electrons. The molecular weight excluding hydrogens is 238 g/mol. The van der Waals surface area contributed by atoms with E-state index in [1.165, 1.54) is 0 Å². The van der Waals surface area contributed by atoms with Crippen molar-refractivity contribution < 1.29 is 10.2 Å². The largest absolute Gasteiger partial charge is 0.507 e. The van der Waals surface area contributed by atoms with Crippen LogP contribution in [0.3, 0.4) is 0 Å². The van der Waals surface area contributed by atoms with Gasteiger partial charge in [-0.3, -0.25) is 0 Å². The monoisotopic (exact) mass is 259 g/mol. The zero-order chi connectivity index (χ0) is 14.0. The van der Waals surface area contributed by atoms with Crippen molar-refractivity contribution in [1.29, 1.82) is 0 Å². The summed E-state index contributed by atoms with van der Waals surface area (Å²) in [6.07, 6.45) is 0. The van der Waals surface area contributed by atoms with E-state index in [2.05, 4.69) is 5.32 Å². The molecule has 3 nitrogen and oxygen atoms in total. The normalized spacial score (nSPS) is 13.7. The summed E-state index contributed by atoms with van der Waals surface area (Å²) in [6.45, 7) is 5.90. The Labute approximate surface area is 113 Å². The van der Waals surface area contributed by atoms with Gasteiger partial charge in [0.15, 0.2) is 0 Å². The van der Waals surface area contributed by atoms with E-state index in [0.717, 1.165) is 16.3 Å². The number of hydrogen-bond donors (Lipinski definition) is 3. The molecule has 0 heterocycles. The van der Waals surface area contributed by atoms with Crippen molar-refractivity contribution in [3.63, 3.8) is 0 Å². The first kappa shape index (κ1) is 13.8. The van der Waals surface area contributed by atoms with Crippen molar-refractivity contribution in [1.82, 2.24) is 5.32 Å². The summed E-state index contributed by atoms with van der Waals surface area (Å²) in [6, 6.07) is 11.7. The maximum Gasteiger partial charge on any atom is 0.128 e. The Kier molecular flexibility index (Phi) is 3.78. The number of aliphatic hydroxyl groups excluding tert-OH is 1. The Morgan fingerprint density at radius 3 is 2.53 bits per heavy atom. The van der Waals surface area contributed by atoms with Crippen molar-refractivity contribution in [3.8, 4) is 5.75 Å². The van der Waals surface area contributed by atoms with Crippen LogP contribution in [-0.2, 0) is 0 Å². The lowest BCUT2D eigenvalue weighted by atomic mass is 9.98. The fraction of sp³-hybridized carbons (Fsp3) is 0.375. The number of phenolic OH excluding ortho intramolecular Hbond substituents is 1. The van der Waals surface area contributed by atoms with Gasteiger partial charge in [-0.25, -0.2) is 0 Å². The molecule has 0 saturated heterocycles. The summed E-state index contributed by atoms with van der Waals surface area (Å²) in [4.78, 5) is 0. The van der Waals surface area contributed by atoms with Gasteiger partial charge >= 0.3 is 0 Å². The number of hydrogen-bond acceptors (Lipinski definition) is 3. The minimum absolute atomic E-state index is 0.0354. The van der Waals surface area contributed by atoms with Gasteiger partial charge in [-0.2, -0.15) is 0 Å². The predicted octanol–water partition coefficient (Wildman–Crippen LogP) is 2.97. The molecule has 0 aliphatic heterocycles. The molecule has 0 fully saturated rings. The van der Waals surface area contributed by atoms with Crippen LogP contribution < -0.4 is 5.32 Å². The maximum atomic E-state index is 10.4. The maximum absolute atomic E-state index is 10.4. The standard InChI is InChI=1S/C16H21NO2/c1-11(17-16(2,3)10-18)13-9-8-12-6-4-5-7-14(12)15(13)19/h4-9,11,17-19H,10H2,1-3H3. The van der Waals surface area contributed by atoms with E-state index in [1.54, 1.807) is 0 Å². The highest BCUT2D eigenvalue weighted by Crippen LogP contribution is 2.32. The van der Waals surface area contributed by atoms with Crippen LogP contribution in [-0.4, -0.2) is 22.4 Å². The van der Waals surface area contributed by atoms with E-state index < -0.39 is 0 Å². The molecular formula is C16H21NO2. The number of benzene rings is 2. The lowest BCUT2D eigenvalue weighted by Gasteiger charge is -2.29. The summed E-state index contributed by atoms with van der Waals surface area (Å²) >= 11 is 0. The molecule has 1 unspecified atom stereocenters. The lowest BCUT2D eigenvalue weighted by molar-refractivity contribution is 0.177. The first-order chi connectivity index (χ1) is 8.94. The van der Waals surface area contributed by atoms with Crippen molar-refractivity contribution in [3.05, 3.63) is 42.0 Å². The van der Waals surface area contributed by atoms with Gasteiger partial charge in [0.2, 0.25) is 0 Å². The van der Waals surface area contributed by atoms with Gasteiger partial charge in [0.25, 0.3) is 0 Å². The van der Waals surface area contributed by atoms with Crippen LogP contribution in [0.5, 0.6) is 5.75 Å². The lowest BCUT2D eigenvalue weighted by Crippen LogP contribution is -2.43. The second kappa shape index (κ2) is 5.19. The van der Waals surface area contributed by atoms with Crippen LogP contribution in [0.25, 0.3) is 10.8 Å². The summed E-state index contributed by atoms with van der Waals surface area (Å²) in [7, 11) is 0. The van der Waals surface area contributed by atoms with E-state index in [4.69, 9.17) is 0 Å². The molecule has 102 valence electrons. The Morgan fingerprint density at radius 2 is 1.84 bits per heavy atom. The molecule has 3 heteroatoms. The van der Waals surface area contributed by atoms with Gasteiger partial charge in [0, 0.05) is 22.5 Å². The van der Waals surface area contributed by atoms with Gasteiger partial charge in [0.05, 0.1) is 6.61 Å². The van der Waals surface area contributed by atoms with Crippen molar-refractivity contribution >= 4 is 10.8 Å². The van der Waals surface area contributed by atoms with E-state index in [-0.39, 0.29) is 18.2 Å². The first-order valence-corrected chi connectivity index (χ1v) is 6.54. The first-order valence-electron chi connectivity index (χ1n) is 6.54. The third-order valence-corrected chi connectivity index (χ3v) is 3.40. The molecule has 0 bridgehead atoms. The molecule has 0 spiro atoms.